The summed E-state index contributed by atoms with van der Waals surface area (Å²) in [6.45, 7) is 11.2. The minimum atomic E-state index is -0.344. The molecule has 2 fully saturated rings. The number of nitrogens with zero attached hydrogens (tertiary/aromatic N) is 2. The standard InChI is InChI=1S/C19H27BN2O3/c1-13-15-12-14(20-24-18(2,3)19(4,5)25-20)9-10-16(15)22(21-13)17-8-6-7-11-23-17/h9-10,12,17H,6-8,11H2,1-5H3. The summed E-state index contributed by atoms with van der Waals surface area (Å²) in [5.74, 6) is 0. The summed E-state index contributed by atoms with van der Waals surface area (Å²) in [6, 6.07) is 6.36. The van der Waals surface area contributed by atoms with Gasteiger partial charge in [0.15, 0.2) is 6.23 Å². The van der Waals surface area contributed by atoms with E-state index in [1.807, 2.05) is 4.68 Å². The van der Waals surface area contributed by atoms with Gasteiger partial charge in [-0.2, -0.15) is 5.10 Å². The van der Waals surface area contributed by atoms with Crippen LogP contribution >= 0.6 is 0 Å². The fourth-order valence-corrected chi connectivity index (χ4v) is 3.57. The summed E-state index contributed by atoms with van der Waals surface area (Å²) in [5, 5.41) is 5.89. The van der Waals surface area contributed by atoms with Gasteiger partial charge in [0.05, 0.1) is 22.4 Å². The highest BCUT2D eigenvalue weighted by molar-refractivity contribution is 6.62. The first-order valence-electron chi connectivity index (χ1n) is 9.24. The van der Waals surface area contributed by atoms with Crippen LogP contribution in [0.25, 0.3) is 10.9 Å². The zero-order valence-electron chi connectivity index (χ0n) is 15.8. The lowest BCUT2D eigenvalue weighted by Crippen LogP contribution is -2.41. The minimum Gasteiger partial charge on any atom is -0.399 e. The Balaban J connectivity index is 1.69. The molecule has 4 rings (SSSR count). The van der Waals surface area contributed by atoms with Gasteiger partial charge in [-0.05, 0) is 65.4 Å². The largest absolute Gasteiger partial charge is 0.494 e. The summed E-state index contributed by atoms with van der Waals surface area (Å²) in [5.41, 5.74) is 2.51. The molecular formula is C19H27BN2O3. The second kappa shape index (κ2) is 5.83. The van der Waals surface area contributed by atoms with E-state index in [2.05, 4.69) is 52.8 Å². The minimum absolute atomic E-state index is 0.0487. The van der Waals surface area contributed by atoms with Crippen LogP contribution in [-0.4, -0.2) is 34.7 Å². The lowest BCUT2D eigenvalue weighted by molar-refractivity contribution is -0.0368. The molecule has 1 aromatic heterocycles. The average Bonchev–Trinajstić information content (AvgIpc) is 3.01. The molecule has 2 saturated heterocycles. The predicted molar refractivity (Wildman–Crippen MR) is 99.0 cm³/mol. The van der Waals surface area contributed by atoms with Crippen molar-refractivity contribution < 1.29 is 14.0 Å². The van der Waals surface area contributed by atoms with Gasteiger partial charge < -0.3 is 14.0 Å². The summed E-state index contributed by atoms with van der Waals surface area (Å²) in [6.07, 6.45) is 3.40. The fraction of sp³-hybridized carbons (Fsp3) is 0.632. The van der Waals surface area contributed by atoms with Gasteiger partial charge in [0, 0.05) is 12.0 Å². The monoisotopic (exact) mass is 342 g/mol. The molecule has 2 aliphatic heterocycles. The number of ether oxygens (including phenoxy) is 1. The van der Waals surface area contributed by atoms with Gasteiger partial charge in [-0.1, -0.05) is 12.1 Å². The number of hydrogen-bond donors (Lipinski definition) is 0. The summed E-state index contributed by atoms with van der Waals surface area (Å²) < 4.78 is 20.3. The van der Waals surface area contributed by atoms with Crippen LogP contribution in [0.15, 0.2) is 18.2 Å². The highest BCUT2D eigenvalue weighted by atomic mass is 16.7. The fourth-order valence-electron chi connectivity index (χ4n) is 3.57. The van der Waals surface area contributed by atoms with E-state index in [4.69, 9.17) is 19.1 Å². The van der Waals surface area contributed by atoms with Crippen molar-refractivity contribution in [1.29, 1.82) is 0 Å². The van der Waals surface area contributed by atoms with Crippen LogP contribution in [0.3, 0.4) is 0 Å². The third kappa shape index (κ3) is 2.80. The van der Waals surface area contributed by atoms with Crippen LogP contribution in [0.2, 0.25) is 0 Å². The van der Waals surface area contributed by atoms with Crippen molar-refractivity contribution in [3.8, 4) is 0 Å². The van der Waals surface area contributed by atoms with E-state index in [1.165, 1.54) is 6.42 Å². The Hall–Kier alpha value is -1.37. The highest BCUT2D eigenvalue weighted by Gasteiger charge is 2.51. The molecule has 3 heterocycles. The van der Waals surface area contributed by atoms with Crippen molar-refractivity contribution in [1.82, 2.24) is 9.78 Å². The molecule has 134 valence electrons. The molecule has 0 saturated carbocycles. The smallest absolute Gasteiger partial charge is 0.399 e. The molecule has 1 unspecified atom stereocenters. The molecule has 6 heteroatoms. The third-order valence-electron chi connectivity index (χ3n) is 5.87. The first-order chi connectivity index (χ1) is 11.8. The van der Waals surface area contributed by atoms with Crippen molar-refractivity contribution in [3.05, 3.63) is 23.9 Å². The number of benzene rings is 1. The van der Waals surface area contributed by atoms with Gasteiger partial charge in [0.25, 0.3) is 0 Å². The second-order valence-electron chi connectivity index (χ2n) is 8.22. The molecule has 0 amide bonds. The van der Waals surface area contributed by atoms with Crippen LogP contribution in [0.1, 0.15) is 58.9 Å². The van der Waals surface area contributed by atoms with Crippen molar-refractivity contribution in [2.75, 3.05) is 6.61 Å². The van der Waals surface area contributed by atoms with Gasteiger partial charge in [0.2, 0.25) is 0 Å². The van der Waals surface area contributed by atoms with Crippen LogP contribution in [0.5, 0.6) is 0 Å². The Labute approximate surface area is 149 Å². The predicted octanol–water partition coefficient (Wildman–Crippen LogP) is 3.34. The Morgan fingerprint density at radius 3 is 2.48 bits per heavy atom. The van der Waals surface area contributed by atoms with E-state index >= 15 is 0 Å². The maximum absolute atomic E-state index is 6.19. The number of hydrogen-bond acceptors (Lipinski definition) is 4. The molecule has 1 atom stereocenters. The first kappa shape index (κ1) is 17.1. The zero-order valence-corrected chi connectivity index (χ0v) is 15.8. The van der Waals surface area contributed by atoms with E-state index in [9.17, 15) is 0 Å². The zero-order chi connectivity index (χ0) is 17.8. The molecule has 2 aliphatic rings. The van der Waals surface area contributed by atoms with Gasteiger partial charge >= 0.3 is 7.12 Å². The Morgan fingerprint density at radius 2 is 1.84 bits per heavy atom. The average molecular weight is 342 g/mol. The molecule has 0 bridgehead atoms. The van der Waals surface area contributed by atoms with Gasteiger partial charge in [-0.15, -0.1) is 0 Å². The van der Waals surface area contributed by atoms with Crippen molar-refractivity contribution >= 4 is 23.5 Å². The summed E-state index contributed by atoms with van der Waals surface area (Å²) in [4.78, 5) is 0. The number of aryl methyl sites for hydroxylation is 1. The van der Waals surface area contributed by atoms with E-state index in [0.29, 0.717) is 0 Å². The number of aromatic nitrogens is 2. The van der Waals surface area contributed by atoms with Crippen LogP contribution in [0.4, 0.5) is 0 Å². The quantitative estimate of drug-likeness (QED) is 0.786. The molecule has 25 heavy (non-hydrogen) atoms. The van der Waals surface area contributed by atoms with E-state index in [1.54, 1.807) is 0 Å². The molecule has 0 aliphatic carbocycles. The Bertz CT molecular complexity index is 777. The second-order valence-corrected chi connectivity index (χ2v) is 8.22. The van der Waals surface area contributed by atoms with Crippen molar-refractivity contribution in [3.63, 3.8) is 0 Å². The topological polar surface area (TPSA) is 45.5 Å². The lowest BCUT2D eigenvalue weighted by Gasteiger charge is -2.32. The molecule has 0 radical (unpaired) electrons. The molecule has 2 aromatic rings. The first-order valence-corrected chi connectivity index (χ1v) is 9.24. The van der Waals surface area contributed by atoms with E-state index < -0.39 is 0 Å². The SMILES string of the molecule is Cc1nn(C2CCCCO2)c2ccc(B3OC(C)(C)C(C)(C)O3)cc12. The highest BCUT2D eigenvalue weighted by Crippen LogP contribution is 2.37. The third-order valence-corrected chi connectivity index (χ3v) is 5.87. The van der Waals surface area contributed by atoms with Crippen LogP contribution in [0, 0.1) is 6.92 Å². The number of rotatable bonds is 2. The Kier molecular flexibility index (Phi) is 3.98. The van der Waals surface area contributed by atoms with Crippen LogP contribution in [-0.2, 0) is 14.0 Å². The lowest BCUT2D eigenvalue weighted by atomic mass is 9.78. The van der Waals surface area contributed by atoms with E-state index in [0.717, 1.165) is 41.5 Å². The molecule has 5 nitrogen and oxygen atoms in total. The molecular weight excluding hydrogens is 315 g/mol. The molecule has 1 aromatic carbocycles. The maximum Gasteiger partial charge on any atom is 0.494 e. The van der Waals surface area contributed by atoms with Crippen LogP contribution < -0.4 is 5.46 Å². The van der Waals surface area contributed by atoms with Gasteiger partial charge in [-0.25, -0.2) is 4.68 Å². The van der Waals surface area contributed by atoms with Gasteiger partial charge in [-0.3, -0.25) is 0 Å². The molecule has 0 N–H and O–H groups in total. The maximum atomic E-state index is 6.19. The van der Waals surface area contributed by atoms with Crippen molar-refractivity contribution in [2.45, 2.75) is 71.3 Å². The summed E-state index contributed by atoms with van der Waals surface area (Å²) in [7, 11) is -0.344. The van der Waals surface area contributed by atoms with E-state index in [-0.39, 0.29) is 24.5 Å². The van der Waals surface area contributed by atoms with Gasteiger partial charge in [0.1, 0.15) is 0 Å². The Morgan fingerprint density at radius 1 is 1.12 bits per heavy atom. The summed E-state index contributed by atoms with van der Waals surface area (Å²) >= 11 is 0. The van der Waals surface area contributed by atoms with Crippen molar-refractivity contribution in [2.24, 2.45) is 0 Å². The molecule has 0 spiro atoms. The number of fused-ring (bicyclic) bond motifs is 1. The normalized spacial score (nSPS) is 25.6.